The predicted molar refractivity (Wildman–Crippen MR) is 127 cm³/mol. The van der Waals surface area contributed by atoms with E-state index in [1.165, 1.54) is 32.7 Å². The van der Waals surface area contributed by atoms with Gasteiger partial charge in [0.25, 0.3) is 5.56 Å². The molecule has 8 heteroatoms. The first-order valence-corrected chi connectivity index (χ1v) is 11.9. The maximum absolute atomic E-state index is 13.1. The van der Waals surface area contributed by atoms with E-state index in [-0.39, 0.29) is 17.9 Å². The smallest absolute Gasteiger partial charge is 0.262 e. The number of carbonyl (C=O) groups is 1. The van der Waals surface area contributed by atoms with Gasteiger partial charge in [-0.1, -0.05) is 29.8 Å². The molecule has 4 aromatic rings. The maximum atomic E-state index is 13.1. The molecule has 0 saturated carbocycles. The molecule has 0 atom stereocenters. The van der Waals surface area contributed by atoms with Gasteiger partial charge in [-0.3, -0.25) is 14.2 Å². The third-order valence-electron chi connectivity index (χ3n) is 5.18. The second kappa shape index (κ2) is 9.11. The second-order valence-corrected chi connectivity index (χ2v) is 9.68. The maximum Gasteiger partial charge on any atom is 0.262 e. The Hall–Kier alpha value is -2.84. The zero-order chi connectivity index (χ0) is 22.0. The minimum atomic E-state index is -0.106. The van der Waals surface area contributed by atoms with E-state index in [9.17, 15) is 9.59 Å². The van der Waals surface area contributed by atoms with Crippen LogP contribution in [0.5, 0.6) is 0 Å². The summed E-state index contributed by atoms with van der Waals surface area (Å²) in [5.41, 5.74) is 3.99. The molecule has 4 rings (SSSR count). The highest BCUT2D eigenvalue weighted by Gasteiger charge is 2.14. The fourth-order valence-corrected chi connectivity index (χ4v) is 5.35. The summed E-state index contributed by atoms with van der Waals surface area (Å²) >= 11 is 3.13. The van der Waals surface area contributed by atoms with Gasteiger partial charge < -0.3 is 5.32 Å². The van der Waals surface area contributed by atoms with Gasteiger partial charge in [-0.2, -0.15) is 0 Å². The van der Waals surface area contributed by atoms with E-state index in [2.05, 4.69) is 15.3 Å². The van der Waals surface area contributed by atoms with Crippen LogP contribution in [0.25, 0.3) is 21.3 Å². The number of fused-ring (bicyclic) bond motifs is 1. The van der Waals surface area contributed by atoms with Gasteiger partial charge in [0.15, 0.2) is 0 Å². The first kappa shape index (κ1) is 21.4. The third kappa shape index (κ3) is 4.75. The molecule has 0 radical (unpaired) electrons. The van der Waals surface area contributed by atoms with E-state index in [4.69, 9.17) is 0 Å². The lowest BCUT2D eigenvalue weighted by atomic mass is 10.1. The number of aryl methyl sites for hydroxylation is 4. The number of thiophene rings is 1. The van der Waals surface area contributed by atoms with Gasteiger partial charge in [0.1, 0.15) is 4.83 Å². The zero-order valence-corrected chi connectivity index (χ0v) is 19.4. The minimum absolute atomic E-state index is 0.0741. The lowest BCUT2D eigenvalue weighted by Gasteiger charge is -2.07. The van der Waals surface area contributed by atoms with Crippen LogP contribution in [0.1, 0.15) is 27.6 Å². The topological polar surface area (TPSA) is 76.9 Å². The molecule has 0 saturated heterocycles. The average molecular weight is 453 g/mol. The number of aromatic nitrogens is 3. The van der Waals surface area contributed by atoms with Crippen molar-refractivity contribution in [3.8, 4) is 11.1 Å². The lowest BCUT2D eigenvalue weighted by Crippen LogP contribution is -2.29. The largest absolute Gasteiger partial charge is 0.356 e. The normalized spacial score (nSPS) is 11.2. The summed E-state index contributed by atoms with van der Waals surface area (Å²) in [6.45, 7) is 6.88. The average Bonchev–Trinajstić information content (AvgIpc) is 3.31. The Morgan fingerprint density at radius 2 is 1.94 bits per heavy atom. The summed E-state index contributed by atoms with van der Waals surface area (Å²) in [6.07, 6.45) is 2.54. The number of nitrogens with one attached hydrogen (secondary N) is 1. The van der Waals surface area contributed by atoms with E-state index < -0.39 is 0 Å². The Kier molecular flexibility index (Phi) is 6.29. The van der Waals surface area contributed by atoms with Gasteiger partial charge in [-0.25, -0.2) is 9.97 Å². The van der Waals surface area contributed by atoms with Crippen LogP contribution in [0.2, 0.25) is 0 Å². The lowest BCUT2D eigenvalue weighted by molar-refractivity contribution is -0.121. The molecular formula is C23H24N4O2S2. The van der Waals surface area contributed by atoms with E-state index in [0.29, 0.717) is 18.5 Å². The number of nitrogens with zero attached hydrogens (tertiary/aromatic N) is 3. The summed E-state index contributed by atoms with van der Waals surface area (Å²) in [5, 5.41) is 6.57. The highest BCUT2D eigenvalue weighted by atomic mass is 32.1. The molecule has 0 aliphatic heterocycles. The van der Waals surface area contributed by atoms with Crippen LogP contribution in [-0.4, -0.2) is 27.0 Å². The van der Waals surface area contributed by atoms with E-state index in [1.54, 1.807) is 11.3 Å². The van der Waals surface area contributed by atoms with Crippen molar-refractivity contribution in [2.45, 2.75) is 40.2 Å². The summed E-state index contributed by atoms with van der Waals surface area (Å²) in [6, 6.07) is 8.11. The minimum Gasteiger partial charge on any atom is -0.356 e. The molecule has 1 amide bonds. The molecule has 160 valence electrons. The third-order valence-corrected chi connectivity index (χ3v) is 7.20. The standard InChI is InChI=1S/C23H24N4O2S2/c1-14-4-6-17(7-5-14)18-12-30-22-21(18)23(29)27(13-25-22)11-9-20(28)24-10-8-19-15(2)26-16(3)31-19/h4-7,12-13H,8-11H2,1-3H3,(H,24,28). The Morgan fingerprint density at radius 1 is 1.16 bits per heavy atom. The van der Waals surface area contributed by atoms with Gasteiger partial charge in [-0.15, -0.1) is 22.7 Å². The van der Waals surface area contributed by atoms with Crippen LogP contribution in [0.15, 0.2) is 40.8 Å². The molecule has 0 fully saturated rings. The summed E-state index contributed by atoms with van der Waals surface area (Å²) in [7, 11) is 0. The Bertz CT molecular complexity index is 1290. The molecule has 1 aromatic carbocycles. The fraction of sp³-hybridized carbons (Fsp3) is 0.304. The van der Waals surface area contributed by atoms with Crippen molar-refractivity contribution in [1.29, 1.82) is 0 Å². The molecule has 0 bridgehead atoms. The van der Waals surface area contributed by atoms with Crippen LogP contribution < -0.4 is 10.9 Å². The fourth-order valence-electron chi connectivity index (χ4n) is 3.50. The number of thiazole rings is 1. The molecule has 0 aliphatic carbocycles. The highest BCUT2D eigenvalue weighted by molar-refractivity contribution is 7.17. The summed E-state index contributed by atoms with van der Waals surface area (Å²) in [4.78, 5) is 36.1. The van der Waals surface area contributed by atoms with Crippen LogP contribution in [0.3, 0.4) is 0 Å². The Balaban J connectivity index is 1.42. The van der Waals surface area contributed by atoms with Crippen LogP contribution in [-0.2, 0) is 17.8 Å². The van der Waals surface area contributed by atoms with Crippen molar-refractivity contribution >= 4 is 38.8 Å². The first-order valence-electron chi connectivity index (χ1n) is 10.2. The van der Waals surface area contributed by atoms with Crippen molar-refractivity contribution in [3.63, 3.8) is 0 Å². The summed E-state index contributed by atoms with van der Waals surface area (Å²) in [5.74, 6) is -0.0741. The monoisotopic (exact) mass is 452 g/mol. The van der Waals surface area contributed by atoms with Crippen molar-refractivity contribution in [2.75, 3.05) is 6.54 Å². The molecular weight excluding hydrogens is 428 g/mol. The molecule has 6 nitrogen and oxygen atoms in total. The molecule has 0 aliphatic rings. The summed E-state index contributed by atoms with van der Waals surface area (Å²) < 4.78 is 1.53. The van der Waals surface area contributed by atoms with Gasteiger partial charge in [0.05, 0.1) is 22.4 Å². The van der Waals surface area contributed by atoms with Crippen molar-refractivity contribution in [1.82, 2.24) is 19.9 Å². The Labute approximate surface area is 188 Å². The quantitative estimate of drug-likeness (QED) is 0.455. The van der Waals surface area contributed by atoms with Crippen LogP contribution in [0, 0.1) is 20.8 Å². The predicted octanol–water partition coefficient (Wildman–Crippen LogP) is 4.26. The number of rotatable bonds is 7. The number of carbonyl (C=O) groups excluding carboxylic acids is 1. The van der Waals surface area contributed by atoms with Gasteiger partial charge >= 0.3 is 0 Å². The number of benzene rings is 1. The van der Waals surface area contributed by atoms with Gasteiger partial charge in [0, 0.05) is 41.8 Å². The Morgan fingerprint density at radius 3 is 2.65 bits per heavy atom. The molecule has 0 spiro atoms. The number of amides is 1. The SMILES string of the molecule is Cc1ccc(-c2csc3ncn(CCC(=O)NCCc4sc(C)nc4C)c(=O)c23)cc1. The second-order valence-electron chi connectivity index (χ2n) is 7.53. The van der Waals surface area contributed by atoms with Crippen LogP contribution >= 0.6 is 22.7 Å². The molecule has 31 heavy (non-hydrogen) atoms. The van der Waals surface area contributed by atoms with E-state index in [1.807, 2.05) is 50.4 Å². The highest BCUT2D eigenvalue weighted by Crippen LogP contribution is 2.30. The van der Waals surface area contributed by atoms with Crippen LogP contribution in [0.4, 0.5) is 0 Å². The number of hydrogen-bond acceptors (Lipinski definition) is 6. The van der Waals surface area contributed by atoms with Gasteiger partial charge in [-0.05, 0) is 26.3 Å². The van der Waals surface area contributed by atoms with E-state index >= 15 is 0 Å². The molecule has 0 unspecified atom stereocenters. The van der Waals surface area contributed by atoms with E-state index in [0.717, 1.165) is 33.1 Å². The van der Waals surface area contributed by atoms with Crippen molar-refractivity contribution in [3.05, 3.63) is 67.5 Å². The molecule has 1 N–H and O–H groups in total. The molecule has 3 heterocycles. The molecule has 3 aromatic heterocycles. The number of hydrogen-bond donors (Lipinski definition) is 1. The first-order chi connectivity index (χ1) is 14.9. The van der Waals surface area contributed by atoms with Crippen molar-refractivity contribution < 1.29 is 4.79 Å². The van der Waals surface area contributed by atoms with Crippen molar-refractivity contribution in [2.24, 2.45) is 0 Å². The van der Waals surface area contributed by atoms with Gasteiger partial charge in [0.2, 0.25) is 5.91 Å². The zero-order valence-electron chi connectivity index (χ0n) is 17.8.